The molecule has 1 aliphatic heterocycles. The fourth-order valence-corrected chi connectivity index (χ4v) is 3.98. The fraction of sp³-hybridized carbons (Fsp3) is 0.533. The van der Waals surface area contributed by atoms with Gasteiger partial charge >= 0.3 is 0 Å². The van der Waals surface area contributed by atoms with Crippen molar-refractivity contribution in [2.24, 2.45) is 18.7 Å². The average molecular weight is 290 g/mol. The molecule has 0 bridgehead atoms. The highest BCUT2D eigenvalue weighted by molar-refractivity contribution is 7.15. The zero-order valence-electron chi connectivity index (χ0n) is 12.1. The number of thiophene rings is 1. The van der Waals surface area contributed by atoms with E-state index in [9.17, 15) is 0 Å². The summed E-state index contributed by atoms with van der Waals surface area (Å²) in [6, 6.07) is 5.10. The maximum Gasteiger partial charge on any atom is 0.0576 e. The van der Waals surface area contributed by atoms with Crippen LogP contribution in [0.1, 0.15) is 18.2 Å². The Bertz CT molecular complexity index is 574. The molecule has 3 rings (SSSR count). The van der Waals surface area contributed by atoms with Gasteiger partial charge in [-0.25, -0.2) is 0 Å². The molecular formula is C15H22N4S. The fourth-order valence-electron chi connectivity index (χ4n) is 2.98. The number of aromatic nitrogens is 2. The number of likely N-dealkylation sites (tertiary alicyclic amines) is 1. The topological polar surface area (TPSA) is 47.1 Å². The Morgan fingerprint density at radius 2 is 2.30 bits per heavy atom. The second-order valence-corrected chi connectivity index (χ2v) is 6.95. The smallest absolute Gasteiger partial charge is 0.0576 e. The number of nitrogens with zero attached hydrogens (tertiary/aromatic N) is 3. The lowest BCUT2D eigenvalue weighted by Crippen LogP contribution is -2.26. The maximum atomic E-state index is 5.80. The monoisotopic (exact) mass is 290 g/mol. The van der Waals surface area contributed by atoms with Crippen LogP contribution in [0.2, 0.25) is 0 Å². The van der Waals surface area contributed by atoms with Crippen LogP contribution in [0.4, 0.5) is 0 Å². The molecule has 3 heterocycles. The van der Waals surface area contributed by atoms with E-state index in [0.717, 1.165) is 19.6 Å². The van der Waals surface area contributed by atoms with Crippen LogP contribution in [0.3, 0.4) is 0 Å². The van der Waals surface area contributed by atoms with Gasteiger partial charge in [-0.1, -0.05) is 0 Å². The Labute approximate surface area is 124 Å². The van der Waals surface area contributed by atoms with Gasteiger partial charge in [-0.15, -0.1) is 11.3 Å². The first-order valence-corrected chi connectivity index (χ1v) is 7.99. The van der Waals surface area contributed by atoms with Gasteiger partial charge in [0.15, 0.2) is 0 Å². The molecule has 2 aromatic rings. The molecule has 0 saturated carbocycles. The molecule has 0 spiro atoms. The van der Waals surface area contributed by atoms with Gasteiger partial charge in [0.1, 0.15) is 0 Å². The van der Waals surface area contributed by atoms with Gasteiger partial charge in [0.25, 0.3) is 0 Å². The molecule has 1 fully saturated rings. The summed E-state index contributed by atoms with van der Waals surface area (Å²) < 4.78 is 1.85. The summed E-state index contributed by atoms with van der Waals surface area (Å²) in [6.45, 7) is 5.30. The Kier molecular flexibility index (Phi) is 3.92. The van der Waals surface area contributed by atoms with Crippen LogP contribution in [0.25, 0.3) is 10.4 Å². The summed E-state index contributed by atoms with van der Waals surface area (Å²) >= 11 is 1.87. The van der Waals surface area contributed by atoms with E-state index in [1.165, 1.54) is 21.7 Å². The van der Waals surface area contributed by atoms with E-state index in [2.05, 4.69) is 35.3 Å². The van der Waals surface area contributed by atoms with Crippen molar-refractivity contribution in [2.75, 3.05) is 13.1 Å². The van der Waals surface area contributed by atoms with Gasteiger partial charge in [0.05, 0.1) is 6.20 Å². The second kappa shape index (κ2) is 5.68. The lowest BCUT2D eigenvalue weighted by molar-refractivity contribution is 0.258. The molecule has 2 aromatic heterocycles. The van der Waals surface area contributed by atoms with E-state index in [4.69, 9.17) is 5.73 Å². The highest BCUT2D eigenvalue weighted by atomic mass is 32.1. The van der Waals surface area contributed by atoms with Crippen molar-refractivity contribution < 1.29 is 0 Å². The minimum Gasteiger partial charge on any atom is -0.330 e. The third kappa shape index (κ3) is 2.80. The number of aryl methyl sites for hydroxylation is 1. The summed E-state index contributed by atoms with van der Waals surface area (Å²) in [5.74, 6) is 0.669. The van der Waals surface area contributed by atoms with Crippen LogP contribution in [0.5, 0.6) is 0 Å². The molecule has 1 saturated heterocycles. The molecule has 0 aliphatic carbocycles. The van der Waals surface area contributed by atoms with E-state index in [1.807, 2.05) is 29.3 Å². The second-order valence-electron chi connectivity index (χ2n) is 5.78. The molecule has 2 unspecified atom stereocenters. The van der Waals surface area contributed by atoms with E-state index in [0.29, 0.717) is 12.0 Å². The molecular weight excluding hydrogens is 268 g/mol. The standard InChI is InChI=1S/C15H22N4S/c1-11-5-12(6-16)8-19(11)10-14-3-4-15(20-14)13-7-17-18(2)9-13/h3-4,7,9,11-12H,5-6,8,10,16H2,1-2H3. The largest absolute Gasteiger partial charge is 0.330 e. The Morgan fingerprint density at radius 3 is 2.95 bits per heavy atom. The molecule has 2 atom stereocenters. The molecule has 4 nitrogen and oxygen atoms in total. The SMILES string of the molecule is CC1CC(CN)CN1Cc1ccc(-c2cnn(C)c2)s1. The van der Waals surface area contributed by atoms with Gasteiger partial charge in [0.2, 0.25) is 0 Å². The summed E-state index contributed by atoms with van der Waals surface area (Å²) in [6.07, 6.45) is 5.23. The first-order chi connectivity index (χ1) is 9.65. The molecule has 0 amide bonds. The zero-order valence-corrected chi connectivity index (χ0v) is 12.9. The van der Waals surface area contributed by atoms with E-state index in [-0.39, 0.29) is 0 Å². The van der Waals surface area contributed by atoms with Crippen molar-refractivity contribution in [1.29, 1.82) is 0 Å². The van der Waals surface area contributed by atoms with Crippen LogP contribution in [0, 0.1) is 5.92 Å². The summed E-state index contributed by atoms with van der Waals surface area (Å²) in [4.78, 5) is 5.28. The normalized spacial score (nSPS) is 23.6. The van der Waals surface area contributed by atoms with Crippen molar-refractivity contribution in [1.82, 2.24) is 14.7 Å². The van der Waals surface area contributed by atoms with Crippen molar-refractivity contribution in [3.8, 4) is 10.4 Å². The van der Waals surface area contributed by atoms with E-state index < -0.39 is 0 Å². The van der Waals surface area contributed by atoms with Crippen LogP contribution < -0.4 is 5.73 Å². The lowest BCUT2D eigenvalue weighted by Gasteiger charge is -2.19. The average Bonchev–Trinajstić information content (AvgIpc) is 3.12. The van der Waals surface area contributed by atoms with Crippen LogP contribution in [0.15, 0.2) is 24.5 Å². The third-order valence-electron chi connectivity index (χ3n) is 4.13. The first-order valence-electron chi connectivity index (χ1n) is 7.17. The molecule has 0 aromatic carbocycles. The minimum absolute atomic E-state index is 0.646. The number of hydrogen-bond donors (Lipinski definition) is 1. The van der Waals surface area contributed by atoms with Gasteiger partial charge < -0.3 is 5.73 Å². The number of rotatable bonds is 4. The van der Waals surface area contributed by atoms with Gasteiger partial charge in [-0.2, -0.15) is 5.10 Å². The van der Waals surface area contributed by atoms with Crippen molar-refractivity contribution >= 4 is 11.3 Å². The summed E-state index contributed by atoms with van der Waals surface area (Å²) in [7, 11) is 1.96. The van der Waals surface area contributed by atoms with E-state index in [1.54, 1.807) is 0 Å². The number of hydrogen-bond acceptors (Lipinski definition) is 4. The molecule has 5 heteroatoms. The minimum atomic E-state index is 0.646. The van der Waals surface area contributed by atoms with Crippen molar-refractivity contribution in [3.63, 3.8) is 0 Å². The number of nitrogens with two attached hydrogens (primary N) is 1. The first kappa shape index (κ1) is 13.8. The highest BCUT2D eigenvalue weighted by Gasteiger charge is 2.28. The highest BCUT2D eigenvalue weighted by Crippen LogP contribution is 2.31. The maximum absolute atomic E-state index is 5.80. The van der Waals surface area contributed by atoms with Gasteiger partial charge in [0, 0.05) is 47.7 Å². The Hall–Kier alpha value is -1.17. The van der Waals surface area contributed by atoms with Gasteiger partial charge in [-0.3, -0.25) is 9.58 Å². The quantitative estimate of drug-likeness (QED) is 0.940. The van der Waals surface area contributed by atoms with Gasteiger partial charge in [-0.05, 0) is 37.9 Å². The van der Waals surface area contributed by atoms with E-state index >= 15 is 0 Å². The lowest BCUT2D eigenvalue weighted by atomic mass is 10.1. The Balaban J connectivity index is 1.69. The predicted molar refractivity (Wildman–Crippen MR) is 83.6 cm³/mol. The van der Waals surface area contributed by atoms with Crippen LogP contribution >= 0.6 is 11.3 Å². The molecule has 2 N–H and O–H groups in total. The summed E-state index contributed by atoms with van der Waals surface area (Å²) in [5.41, 5.74) is 7.01. The van der Waals surface area contributed by atoms with Crippen LogP contribution in [-0.2, 0) is 13.6 Å². The molecule has 1 aliphatic rings. The predicted octanol–water partition coefficient (Wildman–Crippen LogP) is 2.32. The van der Waals surface area contributed by atoms with Crippen molar-refractivity contribution in [2.45, 2.75) is 25.9 Å². The third-order valence-corrected chi connectivity index (χ3v) is 5.25. The molecule has 20 heavy (non-hydrogen) atoms. The van der Waals surface area contributed by atoms with Crippen molar-refractivity contribution in [3.05, 3.63) is 29.4 Å². The summed E-state index contributed by atoms with van der Waals surface area (Å²) in [5, 5.41) is 4.24. The van der Waals surface area contributed by atoms with Crippen LogP contribution in [-0.4, -0.2) is 33.8 Å². The Morgan fingerprint density at radius 1 is 1.45 bits per heavy atom. The molecule has 108 valence electrons. The zero-order chi connectivity index (χ0) is 14.1. The molecule has 0 radical (unpaired) electrons.